The molecule has 0 radical (unpaired) electrons. The monoisotopic (exact) mass is 370 g/mol. The third kappa shape index (κ3) is 4.79. The predicted molar refractivity (Wildman–Crippen MR) is 98.2 cm³/mol. The van der Waals surface area contributed by atoms with Crippen LogP contribution in [-0.2, 0) is 10.0 Å². The molecule has 0 atom stereocenters. The van der Waals surface area contributed by atoms with E-state index in [4.69, 9.17) is 10.00 Å². The molecule has 2 rings (SSSR count). The fourth-order valence-corrected chi connectivity index (χ4v) is 2.96. The number of carbonyl (C=O) groups excluding carboxylic acids is 1. The summed E-state index contributed by atoms with van der Waals surface area (Å²) in [4.78, 5) is 12.3. The van der Waals surface area contributed by atoms with Crippen LogP contribution in [0.1, 0.15) is 15.9 Å². The van der Waals surface area contributed by atoms with Crippen molar-refractivity contribution in [2.24, 2.45) is 0 Å². The van der Waals surface area contributed by atoms with Gasteiger partial charge in [-0.05, 0) is 48.0 Å². The summed E-state index contributed by atoms with van der Waals surface area (Å²) in [5.74, 6) is 0.344. The van der Waals surface area contributed by atoms with Crippen LogP contribution in [0.5, 0.6) is 5.75 Å². The van der Waals surface area contributed by atoms with Gasteiger partial charge < -0.3 is 4.74 Å². The molecule has 26 heavy (non-hydrogen) atoms. The highest BCUT2D eigenvalue weighted by Crippen LogP contribution is 2.16. The largest absolute Gasteiger partial charge is 0.479 e. The van der Waals surface area contributed by atoms with E-state index in [2.05, 4.69) is 0 Å². The molecule has 0 saturated carbocycles. The molecule has 134 valence electrons. The van der Waals surface area contributed by atoms with Crippen molar-refractivity contribution >= 4 is 21.9 Å². The number of hydrogen-bond donors (Lipinski definition) is 0. The van der Waals surface area contributed by atoms with Crippen LogP contribution >= 0.6 is 0 Å². The summed E-state index contributed by atoms with van der Waals surface area (Å²) in [5.41, 5.74) is 1.20. The van der Waals surface area contributed by atoms with Gasteiger partial charge in [0.05, 0.1) is 4.90 Å². The minimum atomic E-state index is -3.51. The molecule has 0 aliphatic rings. The highest BCUT2D eigenvalue weighted by atomic mass is 32.2. The molecule has 0 aliphatic carbocycles. The maximum atomic E-state index is 12.2. The van der Waals surface area contributed by atoms with E-state index in [1.54, 1.807) is 30.3 Å². The van der Waals surface area contributed by atoms with Gasteiger partial charge in [0.15, 0.2) is 12.4 Å². The SMILES string of the molecule is CN(C)S(=O)(=O)c1ccc(C(=O)/C=C/c2ccc(OCC#N)cc2)cc1. The van der Waals surface area contributed by atoms with Crippen molar-refractivity contribution in [3.8, 4) is 11.8 Å². The van der Waals surface area contributed by atoms with Gasteiger partial charge in [-0.1, -0.05) is 18.2 Å². The summed E-state index contributed by atoms with van der Waals surface area (Å²) < 4.78 is 30.3. The first-order valence-electron chi connectivity index (χ1n) is 7.69. The van der Waals surface area contributed by atoms with E-state index in [9.17, 15) is 13.2 Å². The zero-order valence-corrected chi connectivity index (χ0v) is 15.2. The molecule has 2 aromatic carbocycles. The quantitative estimate of drug-likeness (QED) is 0.552. The van der Waals surface area contributed by atoms with E-state index in [0.717, 1.165) is 9.87 Å². The van der Waals surface area contributed by atoms with Crippen LogP contribution in [-0.4, -0.2) is 39.2 Å². The number of rotatable bonds is 7. The molecule has 0 amide bonds. The Morgan fingerprint density at radius 3 is 2.27 bits per heavy atom. The second-order valence-electron chi connectivity index (χ2n) is 5.53. The number of allylic oxidation sites excluding steroid dienone is 1. The summed E-state index contributed by atoms with van der Waals surface area (Å²) in [6.07, 6.45) is 3.07. The maximum absolute atomic E-state index is 12.2. The summed E-state index contributed by atoms with van der Waals surface area (Å²) in [5, 5.41) is 8.47. The Bertz CT molecular complexity index is 939. The molecule has 0 heterocycles. The summed E-state index contributed by atoms with van der Waals surface area (Å²) in [6.45, 7) is -0.0206. The number of nitriles is 1. The van der Waals surface area contributed by atoms with Crippen molar-refractivity contribution in [1.29, 1.82) is 5.26 Å². The molecule has 6 nitrogen and oxygen atoms in total. The number of sulfonamides is 1. The van der Waals surface area contributed by atoms with Gasteiger partial charge >= 0.3 is 0 Å². The van der Waals surface area contributed by atoms with Crippen molar-refractivity contribution in [2.75, 3.05) is 20.7 Å². The van der Waals surface area contributed by atoms with E-state index in [0.29, 0.717) is 11.3 Å². The lowest BCUT2D eigenvalue weighted by molar-refractivity contribution is 0.104. The number of benzene rings is 2. The number of nitrogens with zero attached hydrogens (tertiary/aromatic N) is 2. The Morgan fingerprint density at radius 2 is 1.73 bits per heavy atom. The van der Waals surface area contributed by atoms with Crippen molar-refractivity contribution in [3.05, 3.63) is 65.7 Å². The van der Waals surface area contributed by atoms with Gasteiger partial charge in [0.25, 0.3) is 0 Å². The van der Waals surface area contributed by atoms with Crippen LogP contribution in [0.3, 0.4) is 0 Å². The third-order valence-electron chi connectivity index (χ3n) is 3.53. The molecule has 0 aliphatic heterocycles. The highest BCUT2D eigenvalue weighted by Gasteiger charge is 2.17. The second-order valence-corrected chi connectivity index (χ2v) is 7.68. The van der Waals surface area contributed by atoms with Gasteiger partial charge in [-0.15, -0.1) is 0 Å². The molecule has 0 saturated heterocycles. The normalized spacial score (nSPS) is 11.5. The van der Waals surface area contributed by atoms with Crippen molar-refractivity contribution < 1.29 is 17.9 Å². The van der Waals surface area contributed by atoms with E-state index in [1.807, 2.05) is 6.07 Å². The third-order valence-corrected chi connectivity index (χ3v) is 5.36. The fourth-order valence-electron chi connectivity index (χ4n) is 2.06. The topological polar surface area (TPSA) is 87.5 Å². The van der Waals surface area contributed by atoms with E-state index >= 15 is 0 Å². The summed E-state index contributed by atoms with van der Waals surface area (Å²) >= 11 is 0. The molecule has 2 aromatic rings. The van der Waals surface area contributed by atoms with Gasteiger partial charge in [0.1, 0.15) is 11.8 Å². The smallest absolute Gasteiger partial charge is 0.242 e. The fraction of sp³-hybridized carbons (Fsp3) is 0.158. The number of ketones is 1. The number of carbonyl (C=O) groups is 1. The van der Waals surface area contributed by atoms with Crippen molar-refractivity contribution in [2.45, 2.75) is 4.90 Å². The number of hydrogen-bond acceptors (Lipinski definition) is 5. The van der Waals surface area contributed by atoms with Crippen LogP contribution in [0.25, 0.3) is 6.08 Å². The van der Waals surface area contributed by atoms with Crippen LogP contribution in [0.4, 0.5) is 0 Å². The Morgan fingerprint density at radius 1 is 1.12 bits per heavy atom. The van der Waals surface area contributed by atoms with Gasteiger partial charge in [-0.2, -0.15) is 5.26 Å². The predicted octanol–water partition coefficient (Wildman–Crippen LogP) is 2.74. The molecule has 0 N–H and O–H groups in total. The number of ether oxygens (including phenoxy) is 1. The zero-order valence-electron chi connectivity index (χ0n) is 14.4. The lowest BCUT2D eigenvalue weighted by atomic mass is 10.1. The molecular formula is C19H18N2O4S. The van der Waals surface area contributed by atoms with E-state index in [1.165, 1.54) is 44.4 Å². The molecule has 0 bridgehead atoms. The van der Waals surface area contributed by atoms with Gasteiger partial charge in [-0.3, -0.25) is 4.79 Å². The summed E-state index contributed by atoms with van der Waals surface area (Å²) in [7, 11) is -0.609. The lowest BCUT2D eigenvalue weighted by Crippen LogP contribution is -2.22. The van der Waals surface area contributed by atoms with Gasteiger partial charge in [0, 0.05) is 19.7 Å². The Labute approximate surface area is 153 Å². The first-order chi connectivity index (χ1) is 12.3. The molecule has 7 heteroatoms. The van der Waals surface area contributed by atoms with Crippen LogP contribution in [0.2, 0.25) is 0 Å². The first kappa shape index (κ1) is 19.4. The van der Waals surface area contributed by atoms with Gasteiger partial charge in [0.2, 0.25) is 10.0 Å². The average Bonchev–Trinajstić information content (AvgIpc) is 2.65. The lowest BCUT2D eigenvalue weighted by Gasteiger charge is -2.11. The molecule has 0 fully saturated rings. The van der Waals surface area contributed by atoms with Gasteiger partial charge in [-0.25, -0.2) is 12.7 Å². The zero-order chi connectivity index (χ0) is 19.2. The minimum absolute atomic E-state index is 0.0206. The highest BCUT2D eigenvalue weighted by molar-refractivity contribution is 7.89. The second kappa shape index (κ2) is 8.43. The Kier molecular flexibility index (Phi) is 6.28. The van der Waals surface area contributed by atoms with Crippen molar-refractivity contribution in [1.82, 2.24) is 4.31 Å². The van der Waals surface area contributed by atoms with Crippen LogP contribution in [0, 0.1) is 11.3 Å². The molecule has 0 spiro atoms. The van der Waals surface area contributed by atoms with Crippen molar-refractivity contribution in [3.63, 3.8) is 0 Å². The molecule has 0 unspecified atom stereocenters. The first-order valence-corrected chi connectivity index (χ1v) is 9.13. The van der Waals surface area contributed by atoms with E-state index in [-0.39, 0.29) is 17.3 Å². The maximum Gasteiger partial charge on any atom is 0.242 e. The Hall–Kier alpha value is -2.95. The van der Waals surface area contributed by atoms with E-state index < -0.39 is 10.0 Å². The molecule has 0 aromatic heterocycles. The van der Waals surface area contributed by atoms with Crippen LogP contribution in [0.15, 0.2) is 59.5 Å². The average molecular weight is 370 g/mol. The standard InChI is InChI=1S/C19H18N2O4S/c1-21(2)26(23,24)18-10-6-16(7-11-18)19(22)12-5-15-3-8-17(9-4-15)25-14-13-20/h3-12H,14H2,1-2H3/b12-5+. The molecular weight excluding hydrogens is 352 g/mol. The summed E-state index contributed by atoms with van der Waals surface area (Å²) in [6, 6.07) is 14.6. The van der Waals surface area contributed by atoms with Crippen LogP contribution < -0.4 is 4.74 Å². The minimum Gasteiger partial charge on any atom is -0.479 e. The Balaban J connectivity index is 2.08.